The maximum absolute atomic E-state index is 10.5. The van der Waals surface area contributed by atoms with Gasteiger partial charge in [0, 0.05) is 11.5 Å². The number of aryl methyl sites for hydroxylation is 2. The van der Waals surface area contributed by atoms with Crippen LogP contribution in [0.1, 0.15) is 50.3 Å². The van der Waals surface area contributed by atoms with Crippen LogP contribution < -0.4 is 0 Å². The summed E-state index contributed by atoms with van der Waals surface area (Å²) in [6.45, 7) is 13.0. The molecule has 0 bridgehead atoms. The van der Waals surface area contributed by atoms with Crippen molar-refractivity contribution in [3.8, 4) is 16.9 Å². The monoisotopic (exact) mass is 318 g/mol. The minimum atomic E-state index is 0.306. The molecule has 0 radical (unpaired) electrons. The van der Waals surface area contributed by atoms with Gasteiger partial charge in [0.05, 0.1) is 0 Å². The average Bonchev–Trinajstić information content (AvgIpc) is 2.72. The van der Waals surface area contributed by atoms with Crippen LogP contribution in [-0.2, 0) is 0 Å². The fourth-order valence-corrected chi connectivity index (χ4v) is 3.85. The Morgan fingerprint density at radius 3 is 1.71 bits per heavy atom. The average molecular weight is 318 g/mol. The van der Waals surface area contributed by atoms with Gasteiger partial charge < -0.3 is 5.11 Å². The third-order valence-electron chi connectivity index (χ3n) is 5.57. The van der Waals surface area contributed by atoms with Gasteiger partial charge in [0.1, 0.15) is 5.75 Å². The summed E-state index contributed by atoms with van der Waals surface area (Å²) in [6.07, 6.45) is 0. The Bertz CT molecular complexity index is 857. The van der Waals surface area contributed by atoms with Crippen LogP contribution in [0.5, 0.6) is 5.75 Å². The van der Waals surface area contributed by atoms with E-state index in [1.54, 1.807) is 0 Å². The van der Waals surface area contributed by atoms with Crippen molar-refractivity contribution < 1.29 is 5.11 Å². The first kappa shape index (κ1) is 16.6. The van der Waals surface area contributed by atoms with E-state index in [4.69, 9.17) is 0 Å². The van der Waals surface area contributed by atoms with Crippen molar-refractivity contribution in [3.05, 3.63) is 75.4 Å². The zero-order chi connectivity index (χ0) is 17.6. The molecular formula is C23H26O. The van der Waals surface area contributed by atoms with Crippen LogP contribution in [0.2, 0.25) is 0 Å². The van der Waals surface area contributed by atoms with Gasteiger partial charge >= 0.3 is 0 Å². The first-order chi connectivity index (χ1) is 11.3. The molecule has 0 aliphatic heterocycles. The van der Waals surface area contributed by atoms with Gasteiger partial charge in [0.2, 0.25) is 0 Å². The summed E-state index contributed by atoms with van der Waals surface area (Å²) in [5.41, 5.74) is 11.3. The summed E-state index contributed by atoms with van der Waals surface area (Å²) >= 11 is 0. The van der Waals surface area contributed by atoms with Crippen LogP contribution in [-0.4, -0.2) is 5.11 Å². The maximum atomic E-state index is 10.5. The second-order valence-corrected chi connectivity index (χ2v) is 7.16. The normalized spacial score (nSPS) is 15.6. The van der Waals surface area contributed by atoms with Crippen LogP contribution in [0, 0.1) is 13.8 Å². The van der Waals surface area contributed by atoms with E-state index in [0.717, 1.165) is 16.7 Å². The molecule has 0 heterocycles. The van der Waals surface area contributed by atoms with Crippen molar-refractivity contribution in [3.63, 3.8) is 0 Å². The summed E-state index contributed by atoms with van der Waals surface area (Å²) in [6, 6.07) is 12.5. The van der Waals surface area contributed by atoms with Crippen molar-refractivity contribution in [2.24, 2.45) is 0 Å². The van der Waals surface area contributed by atoms with Crippen LogP contribution in [0.15, 0.2) is 58.7 Å². The third-order valence-corrected chi connectivity index (χ3v) is 5.57. The second-order valence-electron chi connectivity index (χ2n) is 7.16. The summed E-state index contributed by atoms with van der Waals surface area (Å²) in [4.78, 5) is 0. The number of phenols is 1. The summed E-state index contributed by atoms with van der Waals surface area (Å²) in [5, 5.41) is 10.5. The van der Waals surface area contributed by atoms with Crippen LogP contribution >= 0.6 is 0 Å². The molecule has 24 heavy (non-hydrogen) atoms. The highest BCUT2D eigenvalue weighted by Crippen LogP contribution is 2.47. The number of benzene rings is 2. The molecule has 0 saturated heterocycles. The molecule has 1 N–H and O–H groups in total. The van der Waals surface area contributed by atoms with Crippen LogP contribution in [0.3, 0.4) is 0 Å². The van der Waals surface area contributed by atoms with Crippen LogP contribution in [0.25, 0.3) is 11.1 Å². The molecule has 0 unspecified atom stereocenters. The first-order valence-electron chi connectivity index (χ1n) is 8.57. The lowest BCUT2D eigenvalue weighted by molar-refractivity contribution is 0.477. The topological polar surface area (TPSA) is 20.2 Å². The Kier molecular flexibility index (Phi) is 4.13. The summed E-state index contributed by atoms with van der Waals surface area (Å²) in [7, 11) is 0. The molecule has 0 atom stereocenters. The minimum absolute atomic E-state index is 0.306. The van der Waals surface area contributed by atoms with E-state index < -0.39 is 0 Å². The zero-order valence-electron chi connectivity index (χ0n) is 15.5. The molecule has 0 aromatic heterocycles. The predicted octanol–water partition coefficient (Wildman–Crippen LogP) is 6.45. The van der Waals surface area contributed by atoms with E-state index in [1.165, 1.54) is 33.4 Å². The van der Waals surface area contributed by atoms with E-state index in [9.17, 15) is 5.11 Å². The number of aromatic hydroxyl groups is 1. The molecule has 1 aliphatic carbocycles. The molecule has 2 aromatic rings. The van der Waals surface area contributed by atoms with E-state index in [0.29, 0.717) is 11.7 Å². The SMILES string of the molecule is CC1=C(C)C(c2cc(C)ccc2-c2ccc(C)cc2O)C(C)=C1C. The summed E-state index contributed by atoms with van der Waals surface area (Å²) in [5.74, 6) is 0.662. The van der Waals surface area contributed by atoms with Gasteiger partial charge in [-0.05, 0) is 75.4 Å². The Labute approximate surface area is 145 Å². The van der Waals surface area contributed by atoms with Gasteiger partial charge in [-0.25, -0.2) is 0 Å². The van der Waals surface area contributed by atoms with Crippen molar-refractivity contribution in [2.75, 3.05) is 0 Å². The maximum Gasteiger partial charge on any atom is 0.123 e. The number of hydrogen-bond acceptors (Lipinski definition) is 1. The first-order valence-corrected chi connectivity index (χ1v) is 8.57. The number of allylic oxidation sites excluding steroid dienone is 4. The van der Waals surface area contributed by atoms with E-state index in [-0.39, 0.29) is 0 Å². The van der Waals surface area contributed by atoms with Crippen molar-refractivity contribution in [1.29, 1.82) is 0 Å². The molecule has 124 valence electrons. The zero-order valence-corrected chi connectivity index (χ0v) is 15.5. The van der Waals surface area contributed by atoms with Crippen molar-refractivity contribution in [1.82, 2.24) is 0 Å². The molecule has 1 aliphatic rings. The van der Waals surface area contributed by atoms with E-state index in [1.807, 2.05) is 19.1 Å². The fraction of sp³-hybridized carbons (Fsp3) is 0.304. The highest BCUT2D eigenvalue weighted by atomic mass is 16.3. The number of hydrogen-bond donors (Lipinski definition) is 1. The highest BCUT2D eigenvalue weighted by Gasteiger charge is 2.28. The molecule has 3 rings (SSSR count). The lowest BCUT2D eigenvalue weighted by Crippen LogP contribution is -2.03. The third kappa shape index (κ3) is 2.58. The minimum Gasteiger partial charge on any atom is -0.507 e. The van der Waals surface area contributed by atoms with Gasteiger partial charge in [-0.15, -0.1) is 0 Å². The molecule has 0 fully saturated rings. The molecule has 1 heteroatoms. The Hall–Kier alpha value is -2.28. The number of rotatable bonds is 2. The Morgan fingerprint density at radius 2 is 1.17 bits per heavy atom. The van der Waals surface area contributed by atoms with Gasteiger partial charge in [-0.1, -0.05) is 47.0 Å². The Balaban J connectivity index is 2.25. The van der Waals surface area contributed by atoms with E-state index >= 15 is 0 Å². The van der Waals surface area contributed by atoms with Gasteiger partial charge in [0.15, 0.2) is 0 Å². The second kappa shape index (κ2) is 5.98. The largest absolute Gasteiger partial charge is 0.507 e. The lowest BCUT2D eigenvalue weighted by atomic mass is 9.83. The number of phenolic OH excluding ortho intramolecular Hbond substituents is 1. The highest BCUT2D eigenvalue weighted by molar-refractivity contribution is 5.76. The molecule has 0 amide bonds. The quantitative estimate of drug-likeness (QED) is 0.675. The van der Waals surface area contributed by atoms with Gasteiger partial charge in [-0.2, -0.15) is 0 Å². The smallest absolute Gasteiger partial charge is 0.123 e. The molecule has 0 spiro atoms. The van der Waals surface area contributed by atoms with E-state index in [2.05, 4.69) is 58.9 Å². The predicted molar refractivity (Wildman–Crippen MR) is 103 cm³/mol. The Morgan fingerprint density at radius 1 is 0.667 bits per heavy atom. The molecule has 1 nitrogen and oxygen atoms in total. The molecule has 0 saturated carbocycles. The fourth-order valence-electron chi connectivity index (χ4n) is 3.85. The standard InChI is InChI=1S/C23H26O/c1-13-7-9-19(20-10-8-14(2)12-22(20)24)21(11-13)23-17(5)15(3)16(4)18(23)6/h7-12,23-24H,1-6H3. The van der Waals surface area contributed by atoms with Gasteiger partial charge in [-0.3, -0.25) is 0 Å². The van der Waals surface area contributed by atoms with Gasteiger partial charge in [0.25, 0.3) is 0 Å². The molecule has 2 aromatic carbocycles. The summed E-state index contributed by atoms with van der Waals surface area (Å²) < 4.78 is 0. The molecular weight excluding hydrogens is 292 g/mol. The lowest BCUT2D eigenvalue weighted by Gasteiger charge is -2.21. The van der Waals surface area contributed by atoms with Crippen molar-refractivity contribution in [2.45, 2.75) is 47.5 Å². The van der Waals surface area contributed by atoms with Crippen LogP contribution in [0.4, 0.5) is 0 Å². The van der Waals surface area contributed by atoms with Crippen molar-refractivity contribution >= 4 is 0 Å².